The first-order valence-electron chi connectivity index (χ1n) is 10.1. The number of aryl methyl sites for hydroxylation is 1. The molecule has 2 heterocycles. The molecule has 6 nitrogen and oxygen atoms in total. The van der Waals surface area contributed by atoms with Crippen molar-refractivity contribution in [3.8, 4) is 17.1 Å². The lowest BCUT2D eigenvalue weighted by Crippen LogP contribution is -2.32. The highest BCUT2D eigenvalue weighted by Gasteiger charge is 2.30. The van der Waals surface area contributed by atoms with Gasteiger partial charge in [0, 0.05) is 19.2 Å². The third kappa shape index (κ3) is 4.21. The van der Waals surface area contributed by atoms with Crippen LogP contribution in [0.3, 0.4) is 0 Å². The monoisotopic (exact) mass is 422 g/mol. The molecule has 0 radical (unpaired) electrons. The summed E-state index contributed by atoms with van der Waals surface area (Å²) in [4.78, 5) is 15.0. The van der Waals surface area contributed by atoms with Gasteiger partial charge < -0.3 is 14.2 Å². The van der Waals surface area contributed by atoms with Gasteiger partial charge in [0.1, 0.15) is 5.75 Å². The Hall–Kier alpha value is -2.80. The predicted molar refractivity (Wildman–Crippen MR) is 119 cm³/mol. The van der Waals surface area contributed by atoms with Crippen molar-refractivity contribution in [2.24, 2.45) is 7.05 Å². The second-order valence-electron chi connectivity index (χ2n) is 7.54. The van der Waals surface area contributed by atoms with E-state index in [0.717, 1.165) is 47.2 Å². The van der Waals surface area contributed by atoms with E-state index in [4.69, 9.17) is 4.74 Å². The highest BCUT2D eigenvalue weighted by Crippen LogP contribution is 2.33. The van der Waals surface area contributed by atoms with Gasteiger partial charge in [0.15, 0.2) is 11.0 Å². The Morgan fingerprint density at radius 1 is 1.20 bits per heavy atom. The molecule has 1 unspecified atom stereocenters. The van der Waals surface area contributed by atoms with Crippen molar-refractivity contribution in [1.29, 1.82) is 0 Å². The van der Waals surface area contributed by atoms with Crippen LogP contribution in [0.5, 0.6) is 5.75 Å². The Morgan fingerprint density at radius 2 is 2.00 bits per heavy atom. The average Bonchev–Trinajstić information content (AvgIpc) is 3.39. The number of aromatic nitrogens is 3. The SMILES string of the molecule is COc1ccc(C2CCCN2C(=O)CSc2nnc(-c3cccc(C)c3)n2C)cc1. The number of carbonyl (C=O) groups excluding carboxylic acids is 1. The molecule has 1 aromatic heterocycles. The van der Waals surface area contributed by atoms with Gasteiger partial charge in [0.25, 0.3) is 0 Å². The minimum atomic E-state index is 0.131. The van der Waals surface area contributed by atoms with Crippen molar-refractivity contribution < 1.29 is 9.53 Å². The molecule has 3 aromatic rings. The van der Waals surface area contributed by atoms with Crippen molar-refractivity contribution in [2.45, 2.75) is 31.0 Å². The number of nitrogens with zero attached hydrogens (tertiary/aromatic N) is 4. The minimum absolute atomic E-state index is 0.131. The summed E-state index contributed by atoms with van der Waals surface area (Å²) in [5.74, 6) is 2.13. The van der Waals surface area contributed by atoms with Crippen molar-refractivity contribution >= 4 is 17.7 Å². The summed E-state index contributed by atoms with van der Waals surface area (Å²) in [5.41, 5.74) is 3.37. The summed E-state index contributed by atoms with van der Waals surface area (Å²) in [6.45, 7) is 2.85. The Labute approximate surface area is 181 Å². The highest BCUT2D eigenvalue weighted by atomic mass is 32.2. The number of rotatable bonds is 6. The fourth-order valence-corrected chi connectivity index (χ4v) is 4.72. The van der Waals surface area contributed by atoms with Crippen LogP contribution in [0.15, 0.2) is 53.7 Å². The number of ether oxygens (including phenoxy) is 1. The fraction of sp³-hybridized carbons (Fsp3) is 0.348. The van der Waals surface area contributed by atoms with Crippen LogP contribution in [0, 0.1) is 6.92 Å². The zero-order valence-corrected chi connectivity index (χ0v) is 18.4. The van der Waals surface area contributed by atoms with E-state index < -0.39 is 0 Å². The van der Waals surface area contributed by atoms with Crippen LogP contribution in [0.4, 0.5) is 0 Å². The molecule has 2 aromatic carbocycles. The first kappa shape index (κ1) is 20.5. The van der Waals surface area contributed by atoms with Crippen LogP contribution in [-0.4, -0.2) is 45.0 Å². The molecular formula is C23H26N4O2S. The van der Waals surface area contributed by atoms with Crippen molar-refractivity contribution in [1.82, 2.24) is 19.7 Å². The zero-order valence-electron chi connectivity index (χ0n) is 17.5. The molecule has 1 fully saturated rings. The number of carbonyl (C=O) groups is 1. The van der Waals surface area contributed by atoms with Gasteiger partial charge in [-0.2, -0.15) is 0 Å². The number of methoxy groups -OCH3 is 1. The van der Waals surface area contributed by atoms with Gasteiger partial charge in [-0.25, -0.2) is 0 Å². The molecule has 0 N–H and O–H groups in total. The maximum Gasteiger partial charge on any atom is 0.233 e. The van der Waals surface area contributed by atoms with Crippen LogP contribution in [-0.2, 0) is 11.8 Å². The second kappa shape index (κ2) is 8.92. The van der Waals surface area contributed by atoms with E-state index in [0.29, 0.717) is 5.75 Å². The number of benzene rings is 2. The van der Waals surface area contributed by atoms with E-state index in [-0.39, 0.29) is 11.9 Å². The standard InChI is InChI=1S/C23H26N4O2S/c1-16-6-4-7-18(14-16)22-24-25-23(26(22)2)30-15-21(28)27-13-5-8-20(27)17-9-11-19(29-3)12-10-17/h4,6-7,9-12,14,20H,5,8,13,15H2,1-3H3. The van der Waals surface area contributed by atoms with Crippen LogP contribution in [0.25, 0.3) is 11.4 Å². The van der Waals surface area contributed by atoms with Crippen LogP contribution >= 0.6 is 11.8 Å². The quantitative estimate of drug-likeness (QED) is 0.556. The largest absolute Gasteiger partial charge is 0.497 e. The Kier molecular flexibility index (Phi) is 6.08. The summed E-state index contributed by atoms with van der Waals surface area (Å²) < 4.78 is 7.20. The molecule has 0 bridgehead atoms. The number of thioether (sulfide) groups is 1. The van der Waals surface area contributed by atoms with Gasteiger partial charge in [0.2, 0.25) is 5.91 Å². The Balaban J connectivity index is 1.43. The van der Waals surface area contributed by atoms with E-state index in [9.17, 15) is 4.79 Å². The van der Waals surface area contributed by atoms with Crippen molar-refractivity contribution in [3.05, 3.63) is 59.7 Å². The molecule has 1 aliphatic rings. The maximum atomic E-state index is 13.0. The Morgan fingerprint density at radius 3 is 2.73 bits per heavy atom. The number of likely N-dealkylation sites (tertiary alicyclic amines) is 1. The lowest BCUT2D eigenvalue weighted by molar-refractivity contribution is -0.129. The van der Waals surface area contributed by atoms with E-state index in [2.05, 4.69) is 41.4 Å². The van der Waals surface area contributed by atoms with Gasteiger partial charge in [-0.3, -0.25) is 4.79 Å². The van der Waals surface area contributed by atoms with E-state index in [1.165, 1.54) is 17.3 Å². The molecule has 1 aliphatic heterocycles. The number of hydrogen-bond acceptors (Lipinski definition) is 5. The van der Waals surface area contributed by atoms with Gasteiger partial charge in [-0.05, 0) is 43.5 Å². The lowest BCUT2D eigenvalue weighted by atomic mass is 10.0. The van der Waals surface area contributed by atoms with Crippen molar-refractivity contribution in [2.75, 3.05) is 19.4 Å². The predicted octanol–water partition coefficient (Wildman–Crippen LogP) is 4.25. The molecule has 4 rings (SSSR count). The number of amides is 1. The Bertz CT molecular complexity index is 1030. The van der Waals surface area contributed by atoms with Gasteiger partial charge >= 0.3 is 0 Å². The normalized spacial score (nSPS) is 16.1. The molecule has 7 heteroatoms. The fourth-order valence-electron chi connectivity index (χ4n) is 3.92. The minimum Gasteiger partial charge on any atom is -0.497 e. The first-order chi connectivity index (χ1) is 14.6. The van der Waals surface area contributed by atoms with E-state index in [1.807, 2.05) is 40.8 Å². The third-order valence-corrected chi connectivity index (χ3v) is 6.51. The molecule has 30 heavy (non-hydrogen) atoms. The number of hydrogen-bond donors (Lipinski definition) is 0. The maximum absolute atomic E-state index is 13.0. The summed E-state index contributed by atoms with van der Waals surface area (Å²) in [5, 5.41) is 9.39. The molecule has 1 atom stereocenters. The summed E-state index contributed by atoms with van der Waals surface area (Å²) in [7, 11) is 3.61. The average molecular weight is 423 g/mol. The van der Waals surface area contributed by atoms with Crippen LogP contribution in [0.2, 0.25) is 0 Å². The third-order valence-electron chi connectivity index (χ3n) is 5.51. The molecule has 1 amide bonds. The first-order valence-corrected chi connectivity index (χ1v) is 11.1. The zero-order chi connectivity index (χ0) is 21.1. The van der Waals surface area contributed by atoms with Crippen LogP contribution < -0.4 is 4.74 Å². The molecular weight excluding hydrogens is 396 g/mol. The van der Waals surface area contributed by atoms with Crippen LogP contribution in [0.1, 0.15) is 30.0 Å². The molecule has 0 aliphatic carbocycles. The summed E-state index contributed by atoms with van der Waals surface area (Å²) in [6.07, 6.45) is 2.01. The van der Waals surface area contributed by atoms with E-state index in [1.54, 1.807) is 7.11 Å². The smallest absolute Gasteiger partial charge is 0.233 e. The van der Waals surface area contributed by atoms with Gasteiger partial charge in [-0.15, -0.1) is 10.2 Å². The highest BCUT2D eigenvalue weighted by molar-refractivity contribution is 7.99. The summed E-state index contributed by atoms with van der Waals surface area (Å²) >= 11 is 1.44. The summed E-state index contributed by atoms with van der Waals surface area (Å²) in [6, 6.07) is 16.3. The molecule has 0 spiro atoms. The van der Waals surface area contributed by atoms with Gasteiger partial charge in [-0.1, -0.05) is 47.7 Å². The molecule has 1 saturated heterocycles. The van der Waals surface area contributed by atoms with E-state index >= 15 is 0 Å². The topological polar surface area (TPSA) is 60.2 Å². The second-order valence-corrected chi connectivity index (χ2v) is 8.48. The van der Waals surface area contributed by atoms with Crippen molar-refractivity contribution in [3.63, 3.8) is 0 Å². The van der Waals surface area contributed by atoms with Gasteiger partial charge in [0.05, 0.1) is 18.9 Å². The molecule has 0 saturated carbocycles. The lowest BCUT2D eigenvalue weighted by Gasteiger charge is -2.25. The molecule has 156 valence electrons.